The van der Waals surface area contributed by atoms with Crippen molar-refractivity contribution in [2.45, 2.75) is 24.4 Å². The van der Waals surface area contributed by atoms with Crippen molar-refractivity contribution in [2.24, 2.45) is 0 Å². The number of nitrogens with one attached hydrogen (secondary N) is 1. The maximum atomic E-state index is 12.3. The highest BCUT2D eigenvalue weighted by atomic mass is 32.2. The van der Waals surface area contributed by atoms with Gasteiger partial charge in [-0.15, -0.1) is 0 Å². The maximum Gasteiger partial charge on any atom is 0.257 e. The lowest BCUT2D eigenvalue weighted by atomic mass is 10.1. The van der Waals surface area contributed by atoms with Crippen LogP contribution in [0, 0.1) is 6.92 Å². The van der Waals surface area contributed by atoms with Crippen molar-refractivity contribution in [3.63, 3.8) is 0 Å². The Morgan fingerprint density at radius 3 is 2.50 bits per heavy atom. The molecule has 28 heavy (non-hydrogen) atoms. The average Bonchev–Trinajstić information content (AvgIpc) is 3.16. The Morgan fingerprint density at radius 1 is 0.964 bits per heavy atom. The summed E-state index contributed by atoms with van der Waals surface area (Å²) < 4.78 is 5.79. The molecule has 1 heterocycles. The fraction of sp³-hybridized carbons (Fsp3) is 0.130. The first-order valence-corrected chi connectivity index (χ1v) is 10.1. The van der Waals surface area contributed by atoms with Crippen LogP contribution in [0.2, 0.25) is 0 Å². The summed E-state index contributed by atoms with van der Waals surface area (Å²) in [4.78, 5) is 16.9. The summed E-state index contributed by atoms with van der Waals surface area (Å²) in [6.45, 7) is 2.55. The monoisotopic (exact) mass is 388 g/mol. The molecule has 4 aromatic rings. The summed E-state index contributed by atoms with van der Waals surface area (Å²) in [5, 5.41) is 3.60. The van der Waals surface area contributed by atoms with E-state index in [4.69, 9.17) is 4.42 Å². The Bertz CT molecular complexity index is 1090. The SMILES string of the molecule is Cc1cccc2oc(SCc3ccc(C(=O)NCc4ccccc4)cc3)nc12. The molecule has 0 aliphatic rings. The van der Waals surface area contributed by atoms with E-state index in [1.807, 2.05) is 79.7 Å². The number of aryl methyl sites for hydroxylation is 1. The minimum atomic E-state index is -0.0718. The molecule has 0 aliphatic heterocycles. The second kappa shape index (κ2) is 8.31. The zero-order valence-electron chi connectivity index (χ0n) is 15.5. The number of hydrogen-bond donors (Lipinski definition) is 1. The van der Waals surface area contributed by atoms with Crippen molar-refractivity contribution in [3.8, 4) is 0 Å². The Kier molecular flexibility index (Phi) is 5.44. The van der Waals surface area contributed by atoms with Crippen LogP contribution < -0.4 is 5.32 Å². The molecule has 0 saturated carbocycles. The highest BCUT2D eigenvalue weighted by Gasteiger charge is 2.09. The van der Waals surface area contributed by atoms with E-state index >= 15 is 0 Å². The standard InChI is InChI=1S/C23H20N2O2S/c1-16-6-5-9-20-21(16)25-23(27-20)28-15-18-10-12-19(13-11-18)22(26)24-14-17-7-3-2-4-8-17/h2-13H,14-15H2,1H3,(H,24,26). The van der Waals surface area contributed by atoms with Gasteiger partial charge >= 0.3 is 0 Å². The van der Waals surface area contributed by atoms with Gasteiger partial charge in [-0.05, 0) is 41.8 Å². The molecule has 140 valence electrons. The number of oxazole rings is 1. The van der Waals surface area contributed by atoms with Crippen molar-refractivity contribution in [2.75, 3.05) is 0 Å². The van der Waals surface area contributed by atoms with E-state index in [1.54, 1.807) is 11.8 Å². The number of thioether (sulfide) groups is 1. The van der Waals surface area contributed by atoms with Crippen LogP contribution >= 0.6 is 11.8 Å². The largest absolute Gasteiger partial charge is 0.431 e. The number of benzene rings is 3. The van der Waals surface area contributed by atoms with Gasteiger partial charge in [0.05, 0.1) is 0 Å². The van der Waals surface area contributed by atoms with Crippen LogP contribution in [0.25, 0.3) is 11.1 Å². The second-order valence-corrected chi connectivity index (χ2v) is 7.48. The fourth-order valence-corrected chi connectivity index (χ4v) is 3.69. The number of para-hydroxylation sites is 1. The molecule has 4 nitrogen and oxygen atoms in total. The molecule has 5 heteroatoms. The smallest absolute Gasteiger partial charge is 0.257 e. The first-order valence-electron chi connectivity index (χ1n) is 9.09. The predicted octanol–water partition coefficient (Wildman–Crippen LogP) is 5.36. The van der Waals surface area contributed by atoms with Crippen molar-refractivity contribution >= 4 is 28.8 Å². The number of carbonyl (C=O) groups excluding carboxylic acids is 1. The Balaban J connectivity index is 1.34. The van der Waals surface area contributed by atoms with E-state index in [2.05, 4.69) is 10.3 Å². The van der Waals surface area contributed by atoms with Gasteiger partial charge in [0.15, 0.2) is 5.58 Å². The fourth-order valence-electron chi connectivity index (χ4n) is 2.91. The van der Waals surface area contributed by atoms with Crippen molar-refractivity contribution < 1.29 is 9.21 Å². The summed E-state index contributed by atoms with van der Waals surface area (Å²) in [5.74, 6) is 0.662. The zero-order chi connectivity index (χ0) is 19.3. The highest BCUT2D eigenvalue weighted by Crippen LogP contribution is 2.27. The summed E-state index contributed by atoms with van der Waals surface area (Å²) in [6.07, 6.45) is 0. The lowest BCUT2D eigenvalue weighted by Gasteiger charge is -2.06. The van der Waals surface area contributed by atoms with Gasteiger partial charge in [-0.3, -0.25) is 4.79 Å². The first kappa shape index (κ1) is 18.3. The lowest BCUT2D eigenvalue weighted by molar-refractivity contribution is 0.0951. The molecule has 0 bridgehead atoms. The zero-order valence-corrected chi connectivity index (χ0v) is 16.3. The number of aromatic nitrogens is 1. The van der Waals surface area contributed by atoms with Crippen LogP contribution in [0.4, 0.5) is 0 Å². The van der Waals surface area contributed by atoms with Crippen LogP contribution in [0.3, 0.4) is 0 Å². The van der Waals surface area contributed by atoms with Gasteiger partial charge in [0, 0.05) is 17.9 Å². The van der Waals surface area contributed by atoms with E-state index in [-0.39, 0.29) is 5.91 Å². The molecule has 1 N–H and O–H groups in total. The summed E-state index contributed by atoms with van der Waals surface area (Å²) in [7, 11) is 0. The van der Waals surface area contributed by atoms with Gasteiger partial charge in [0.1, 0.15) is 5.52 Å². The van der Waals surface area contributed by atoms with Crippen LogP contribution in [0.15, 0.2) is 82.4 Å². The molecule has 1 amide bonds. The number of hydrogen-bond acceptors (Lipinski definition) is 4. The Morgan fingerprint density at radius 2 is 1.75 bits per heavy atom. The Hall–Kier alpha value is -3.05. The molecular weight excluding hydrogens is 368 g/mol. The van der Waals surface area contributed by atoms with E-state index in [1.165, 1.54) is 0 Å². The Labute approximate surface area is 168 Å². The average molecular weight is 388 g/mol. The van der Waals surface area contributed by atoms with Gasteiger partial charge in [-0.1, -0.05) is 66.4 Å². The molecule has 0 aliphatic carbocycles. The quantitative estimate of drug-likeness (QED) is 0.452. The number of nitrogens with zero attached hydrogens (tertiary/aromatic N) is 1. The third-order valence-corrected chi connectivity index (χ3v) is 5.37. The topological polar surface area (TPSA) is 55.1 Å². The molecule has 3 aromatic carbocycles. The van der Waals surface area contributed by atoms with Crippen molar-refractivity contribution in [1.82, 2.24) is 10.3 Å². The van der Waals surface area contributed by atoms with Gasteiger partial charge < -0.3 is 9.73 Å². The van der Waals surface area contributed by atoms with Gasteiger partial charge in [-0.2, -0.15) is 0 Å². The van der Waals surface area contributed by atoms with E-state index in [0.717, 1.165) is 33.5 Å². The number of amides is 1. The van der Waals surface area contributed by atoms with Crippen LogP contribution in [-0.2, 0) is 12.3 Å². The van der Waals surface area contributed by atoms with E-state index in [9.17, 15) is 4.79 Å². The van der Waals surface area contributed by atoms with E-state index in [0.29, 0.717) is 17.3 Å². The minimum Gasteiger partial charge on any atom is -0.431 e. The number of carbonyl (C=O) groups is 1. The summed E-state index contributed by atoms with van der Waals surface area (Å²) in [6, 6.07) is 23.5. The molecular formula is C23H20N2O2S. The van der Waals surface area contributed by atoms with Gasteiger partial charge in [0.25, 0.3) is 11.1 Å². The molecule has 1 aromatic heterocycles. The minimum absolute atomic E-state index is 0.0718. The highest BCUT2D eigenvalue weighted by molar-refractivity contribution is 7.98. The molecule has 4 rings (SSSR count). The summed E-state index contributed by atoms with van der Waals surface area (Å²) >= 11 is 1.55. The first-order chi connectivity index (χ1) is 13.7. The van der Waals surface area contributed by atoms with Gasteiger partial charge in [0.2, 0.25) is 0 Å². The summed E-state index contributed by atoms with van der Waals surface area (Å²) in [5.41, 5.74) is 5.69. The molecule has 0 unspecified atom stereocenters. The third-order valence-electron chi connectivity index (χ3n) is 4.48. The van der Waals surface area contributed by atoms with Crippen molar-refractivity contribution in [3.05, 3.63) is 95.1 Å². The van der Waals surface area contributed by atoms with Crippen LogP contribution in [-0.4, -0.2) is 10.9 Å². The van der Waals surface area contributed by atoms with E-state index < -0.39 is 0 Å². The lowest BCUT2D eigenvalue weighted by Crippen LogP contribution is -2.22. The maximum absolute atomic E-state index is 12.3. The van der Waals surface area contributed by atoms with Crippen LogP contribution in [0.5, 0.6) is 0 Å². The number of rotatable bonds is 6. The second-order valence-electron chi connectivity index (χ2n) is 6.56. The molecule has 0 spiro atoms. The predicted molar refractivity (Wildman–Crippen MR) is 112 cm³/mol. The molecule has 0 fully saturated rings. The molecule has 0 atom stereocenters. The van der Waals surface area contributed by atoms with Crippen molar-refractivity contribution in [1.29, 1.82) is 0 Å². The molecule has 0 radical (unpaired) electrons. The molecule has 0 saturated heterocycles. The number of fused-ring (bicyclic) bond motifs is 1. The third kappa shape index (κ3) is 4.26. The van der Waals surface area contributed by atoms with Crippen LogP contribution in [0.1, 0.15) is 27.0 Å². The normalized spacial score (nSPS) is 10.9. The van der Waals surface area contributed by atoms with Gasteiger partial charge in [-0.25, -0.2) is 4.98 Å².